The lowest BCUT2D eigenvalue weighted by molar-refractivity contribution is -0.147. The molecule has 0 aliphatic carbocycles. The van der Waals surface area contributed by atoms with Gasteiger partial charge in [-0.3, -0.25) is 4.79 Å². The number of ketones is 1. The van der Waals surface area contributed by atoms with E-state index < -0.39 is 20.2 Å². The van der Waals surface area contributed by atoms with E-state index in [2.05, 4.69) is 0 Å². The fourth-order valence-corrected chi connectivity index (χ4v) is 0.423. The van der Waals surface area contributed by atoms with Crippen LogP contribution in [0.4, 0.5) is 0 Å². The number of aliphatic carboxylic acids is 1. The van der Waals surface area contributed by atoms with Crippen LogP contribution in [0.1, 0.15) is 0 Å². The Morgan fingerprint density at radius 2 is 2.00 bits per heavy atom. The van der Waals surface area contributed by atoms with Crippen LogP contribution in [0.25, 0.3) is 0 Å². The van der Waals surface area contributed by atoms with Crippen LogP contribution in [0.2, 0.25) is 0 Å². The number of hydrogen-bond acceptors (Lipinski definition) is 3. The Kier molecular flexibility index (Phi) is 2.96. The van der Waals surface area contributed by atoms with Gasteiger partial charge in [-0.1, -0.05) is 4.57 Å². The van der Waals surface area contributed by atoms with Gasteiger partial charge < -0.3 is 5.11 Å². The maximum Gasteiger partial charge on any atom is 0.376 e. The molecule has 0 fully saturated rings. The highest BCUT2D eigenvalue weighted by molar-refractivity contribution is 7.25. The Morgan fingerprint density at radius 3 is 2.12 bits per heavy atom. The minimum atomic E-state index is -1.52. The number of carboxylic acid groups (broad SMARTS) is 1. The van der Waals surface area contributed by atoms with Gasteiger partial charge in [0.15, 0.2) is 0 Å². The molecule has 8 heavy (non-hydrogen) atoms. The lowest BCUT2D eigenvalue weighted by Crippen LogP contribution is -2.13. The lowest BCUT2D eigenvalue weighted by Gasteiger charge is -1.75. The highest BCUT2D eigenvalue weighted by Gasteiger charge is 2.14. The molecule has 0 saturated heterocycles. The second-order valence-electron chi connectivity index (χ2n) is 1.05. The first-order valence-electron chi connectivity index (χ1n) is 1.79. The maximum atomic E-state index is 9.95. The predicted octanol–water partition coefficient (Wildman–Crippen LogP) is -0.336. The molecule has 0 radical (unpaired) electrons. The molecule has 0 bridgehead atoms. The fourth-order valence-electron chi connectivity index (χ4n) is 0.141. The van der Waals surface area contributed by atoms with Crippen molar-refractivity contribution in [2.24, 2.45) is 0 Å². The van der Waals surface area contributed by atoms with Gasteiger partial charge in [0, 0.05) is 0 Å². The highest BCUT2D eigenvalue weighted by Crippen LogP contribution is 1.89. The second-order valence-corrected chi connectivity index (χ2v) is 1.69. The summed E-state index contributed by atoms with van der Waals surface area (Å²) >= 11 is 0. The molecular weight excluding hydrogens is 131 g/mol. The minimum Gasteiger partial charge on any atom is -0.475 e. The predicted molar refractivity (Wildman–Crippen MR) is 26.5 cm³/mol. The summed E-state index contributed by atoms with van der Waals surface area (Å²) in [6.07, 6.45) is -0.380. The molecule has 0 aromatic heterocycles. The number of rotatable bonds is 3. The molecule has 1 unspecified atom stereocenters. The van der Waals surface area contributed by atoms with Crippen molar-refractivity contribution < 1.29 is 19.3 Å². The van der Waals surface area contributed by atoms with Gasteiger partial charge in [0.05, 0.1) is 0 Å². The van der Waals surface area contributed by atoms with Crippen LogP contribution in [-0.4, -0.2) is 23.0 Å². The third-order valence-corrected chi connectivity index (χ3v) is 0.937. The van der Waals surface area contributed by atoms with Gasteiger partial charge in [-0.25, -0.2) is 4.79 Å². The van der Waals surface area contributed by atoms with E-state index in [1.165, 1.54) is 0 Å². The van der Waals surface area contributed by atoms with E-state index >= 15 is 0 Å². The summed E-state index contributed by atoms with van der Waals surface area (Å²) in [4.78, 5) is 19.6. The molecule has 5 heteroatoms. The maximum absolute atomic E-state index is 9.95. The van der Waals surface area contributed by atoms with Gasteiger partial charge in [-0.05, 0) is 0 Å². The van der Waals surface area contributed by atoms with Crippen molar-refractivity contribution >= 4 is 20.2 Å². The standard InChI is InChI=1S/C3H3O4P/c4-2(1-8-7)3(5)6/h1H2,(H,5,6)/p+1. The smallest absolute Gasteiger partial charge is 0.376 e. The summed E-state index contributed by atoms with van der Waals surface area (Å²) in [7, 11) is -0.849. The van der Waals surface area contributed by atoms with E-state index in [1.807, 2.05) is 0 Å². The lowest BCUT2D eigenvalue weighted by atomic mass is 10.5. The average molecular weight is 135 g/mol. The number of carboxylic acids is 1. The van der Waals surface area contributed by atoms with E-state index in [0.717, 1.165) is 0 Å². The van der Waals surface area contributed by atoms with E-state index in [9.17, 15) is 14.2 Å². The Labute approximate surface area is 46.7 Å². The zero-order chi connectivity index (χ0) is 6.57. The van der Waals surface area contributed by atoms with Gasteiger partial charge in [0.1, 0.15) is 0 Å². The molecule has 0 rings (SSSR count). The largest absolute Gasteiger partial charge is 0.475 e. The van der Waals surface area contributed by atoms with Crippen LogP contribution in [0.15, 0.2) is 0 Å². The molecule has 0 aliphatic heterocycles. The van der Waals surface area contributed by atoms with E-state index in [1.54, 1.807) is 0 Å². The molecular formula is C3H4O4P+. The molecule has 0 spiro atoms. The van der Waals surface area contributed by atoms with Crippen molar-refractivity contribution in [3.8, 4) is 0 Å². The minimum absolute atomic E-state index is 0.380. The number of carbonyl (C=O) groups excluding carboxylic acids is 1. The van der Waals surface area contributed by atoms with Gasteiger partial charge >= 0.3 is 14.4 Å². The zero-order valence-corrected chi connectivity index (χ0v) is 4.88. The van der Waals surface area contributed by atoms with Crippen molar-refractivity contribution in [2.45, 2.75) is 0 Å². The van der Waals surface area contributed by atoms with E-state index in [4.69, 9.17) is 5.11 Å². The quantitative estimate of drug-likeness (QED) is 0.424. The molecule has 0 saturated carbocycles. The third-order valence-electron chi connectivity index (χ3n) is 0.471. The SMILES string of the molecule is O=[PH+]CC(=O)C(=O)O. The number of Topliss-reactive ketones (excluding diaryl/α,β-unsaturated/α-hetero) is 1. The number of carbonyl (C=O) groups is 2. The first kappa shape index (κ1) is 7.24. The molecule has 4 nitrogen and oxygen atoms in total. The monoisotopic (exact) mass is 135 g/mol. The third kappa shape index (κ3) is 2.42. The summed E-state index contributed by atoms with van der Waals surface area (Å²) in [5.74, 6) is -2.52. The summed E-state index contributed by atoms with van der Waals surface area (Å²) < 4.78 is 9.59. The van der Waals surface area contributed by atoms with Crippen molar-refractivity contribution in [1.82, 2.24) is 0 Å². The van der Waals surface area contributed by atoms with Crippen LogP contribution in [-0.2, 0) is 14.2 Å². The van der Waals surface area contributed by atoms with Crippen LogP contribution in [0.5, 0.6) is 0 Å². The molecule has 0 aliphatic rings. The Morgan fingerprint density at radius 1 is 1.50 bits per heavy atom. The van der Waals surface area contributed by atoms with Crippen molar-refractivity contribution in [3.63, 3.8) is 0 Å². The molecule has 0 aromatic carbocycles. The Balaban J connectivity index is 3.65. The highest BCUT2D eigenvalue weighted by atomic mass is 31.1. The summed E-state index contributed by atoms with van der Waals surface area (Å²) in [5.41, 5.74) is 0. The average Bonchev–Trinajstić information content (AvgIpc) is 1.67. The molecule has 0 heterocycles. The molecule has 0 amide bonds. The molecule has 44 valence electrons. The molecule has 1 N–H and O–H groups in total. The van der Waals surface area contributed by atoms with E-state index in [0.29, 0.717) is 0 Å². The first-order chi connectivity index (χ1) is 3.68. The van der Waals surface area contributed by atoms with Crippen molar-refractivity contribution in [1.29, 1.82) is 0 Å². The summed E-state index contributed by atoms with van der Waals surface area (Å²) in [5, 5.41) is 7.83. The van der Waals surface area contributed by atoms with Crippen LogP contribution in [0, 0.1) is 0 Å². The van der Waals surface area contributed by atoms with Gasteiger partial charge in [0.2, 0.25) is 6.16 Å². The molecule has 1 atom stereocenters. The topological polar surface area (TPSA) is 71.4 Å². The van der Waals surface area contributed by atoms with Crippen molar-refractivity contribution in [2.75, 3.05) is 6.16 Å². The summed E-state index contributed by atoms with van der Waals surface area (Å²) in [6, 6.07) is 0. The fraction of sp³-hybridized carbons (Fsp3) is 0.333. The summed E-state index contributed by atoms with van der Waals surface area (Å²) in [6.45, 7) is 0. The van der Waals surface area contributed by atoms with Crippen LogP contribution in [0.3, 0.4) is 0 Å². The normalized spacial score (nSPS) is 9.00. The Bertz CT molecular complexity index is 129. The Hall–Kier alpha value is -0.760. The number of hydrogen-bond donors (Lipinski definition) is 1. The first-order valence-corrected chi connectivity index (χ1v) is 2.91. The zero-order valence-electron chi connectivity index (χ0n) is 3.88. The molecule has 0 aromatic rings. The second kappa shape index (κ2) is 3.27. The van der Waals surface area contributed by atoms with Gasteiger partial charge in [0.25, 0.3) is 5.78 Å². The van der Waals surface area contributed by atoms with Gasteiger partial charge in [-0.15, -0.1) is 0 Å². The van der Waals surface area contributed by atoms with E-state index in [-0.39, 0.29) is 6.16 Å². The van der Waals surface area contributed by atoms with Crippen LogP contribution < -0.4 is 0 Å². The van der Waals surface area contributed by atoms with Crippen molar-refractivity contribution in [3.05, 3.63) is 0 Å². The van der Waals surface area contributed by atoms with Gasteiger partial charge in [-0.2, -0.15) is 0 Å². The van der Waals surface area contributed by atoms with Crippen LogP contribution >= 0.6 is 8.46 Å².